The standard InChI is InChI=1S/C23H16ClN3O3S2/c24-21-8-6-14-11-15(5-7-16(14)25-21)23(29)30-13-22(28)27-18(20-4-2-10-32-20)12-17(26-27)19-3-1-9-31-19/h1-11,18H,12-13H2. The van der Waals surface area contributed by atoms with Gasteiger partial charge in [0.25, 0.3) is 5.91 Å². The summed E-state index contributed by atoms with van der Waals surface area (Å²) < 4.78 is 5.33. The quantitative estimate of drug-likeness (QED) is 0.277. The topological polar surface area (TPSA) is 71.9 Å². The number of amides is 1. The lowest BCUT2D eigenvalue weighted by Gasteiger charge is -2.20. The molecule has 4 heterocycles. The van der Waals surface area contributed by atoms with Crippen molar-refractivity contribution in [1.29, 1.82) is 0 Å². The predicted octanol–water partition coefficient (Wildman–Crippen LogP) is 5.55. The van der Waals surface area contributed by atoms with Crippen molar-refractivity contribution in [1.82, 2.24) is 9.99 Å². The first kappa shape index (κ1) is 20.8. The first-order chi connectivity index (χ1) is 15.6. The van der Waals surface area contributed by atoms with Crippen LogP contribution >= 0.6 is 34.3 Å². The molecule has 1 aliphatic rings. The Kier molecular flexibility index (Phi) is 5.73. The van der Waals surface area contributed by atoms with Crippen LogP contribution in [0.5, 0.6) is 0 Å². The Hall–Kier alpha value is -3.07. The molecule has 6 nitrogen and oxygen atoms in total. The van der Waals surface area contributed by atoms with E-state index in [-0.39, 0.29) is 11.9 Å². The first-order valence-electron chi connectivity index (χ1n) is 9.79. The number of esters is 1. The van der Waals surface area contributed by atoms with E-state index in [1.807, 2.05) is 35.0 Å². The maximum atomic E-state index is 13.0. The van der Waals surface area contributed by atoms with Crippen molar-refractivity contribution < 1.29 is 14.3 Å². The van der Waals surface area contributed by atoms with Crippen molar-refractivity contribution >= 4 is 62.8 Å². The van der Waals surface area contributed by atoms with E-state index in [4.69, 9.17) is 16.3 Å². The minimum absolute atomic E-state index is 0.199. The monoisotopic (exact) mass is 481 g/mol. The van der Waals surface area contributed by atoms with Crippen LogP contribution in [0.4, 0.5) is 0 Å². The maximum absolute atomic E-state index is 13.0. The molecule has 0 saturated heterocycles. The van der Waals surface area contributed by atoms with Crippen molar-refractivity contribution in [2.45, 2.75) is 12.5 Å². The van der Waals surface area contributed by atoms with Crippen LogP contribution in [-0.4, -0.2) is 34.2 Å². The fourth-order valence-electron chi connectivity index (χ4n) is 3.54. The molecule has 5 rings (SSSR count). The summed E-state index contributed by atoms with van der Waals surface area (Å²) in [4.78, 5) is 31.8. The molecule has 1 aromatic carbocycles. The number of aromatic nitrogens is 1. The zero-order valence-corrected chi connectivity index (χ0v) is 19.0. The molecule has 0 fully saturated rings. The Morgan fingerprint density at radius 3 is 2.72 bits per heavy atom. The van der Waals surface area contributed by atoms with Crippen molar-refractivity contribution in [3.63, 3.8) is 0 Å². The zero-order valence-electron chi connectivity index (χ0n) is 16.6. The van der Waals surface area contributed by atoms with Gasteiger partial charge in [-0.05, 0) is 53.2 Å². The molecule has 0 radical (unpaired) electrons. The third-order valence-corrected chi connectivity index (χ3v) is 7.16. The summed E-state index contributed by atoms with van der Waals surface area (Å²) in [6.45, 7) is -0.390. The van der Waals surface area contributed by atoms with Crippen molar-refractivity contribution in [2.75, 3.05) is 6.61 Å². The largest absolute Gasteiger partial charge is 0.452 e. The van der Waals surface area contributed by atoms with Crippen LogP contribution in [0.3, 0.4) is 0 Å². The van der Waals surface area contributed by atoms with Gasteiger partial charge in [-0.15, -0.1) is 22.7 Å². The van der Waals surface area contributed by atoms with Crippen LogP contribution < -0.4 is 0 Å². The van der Waals surface area contributed by atoms with Gasteiger partial charge in [-0.2, -0.15) is 5.10 Å². The van der Waals surface area contributed by atoms with Gasteiger partial charge in [0.15, 0.2) is 6.61 Å². The average molecular weight is 482 g/mol. The van der Waals surface area contributed by atoms with Gasteiger partial charge in [-0.3, -0.25) is 4.79 Å². The van der Waals surface area contributed by atoms with Gasteiger partial charge < -0.3 is 4.74 Å². The summed E-state index contributed by atoms with van der Waals surface area (Å²) in [5, 5.41) is 11.1. The molecular weight excluding hydrogens is 466 g/mol. The average Bonchev–Trinajstić information content (AvgIpc) is 3.57. The number of fused-ring (bicyclic) bond motifs is 1. The first-order valence-corrected chi connectivity index (χ1v) is 11.9. The van der Waals surface area contributed by atoms with E-state index in [0.717, 1.165) is 20.9 Å². The molecule has 0 spiro atoms. The van der Waals surface area contributed by atoms with Gasteiger partial charge >= 0.3 is 5.97 Å². The summed E-state index contributed by atoms with van der Waals surface area (Å²) in [6, 6.07) is 16.1. The van der Waals surface area contributed by atoms with Crippen LogP contribution in [0.15, 0.2) is 70.5 Å². The van der Waals surface area contributed by atoms with Crippen molar-refractivity contribution in [3.8, 4) is 0 Å². The molecule has 1 aliphatic heterocycles. The van der Waals surface area contributed by atoms with Crippen molar-refractivity contribution in [2.24, 2.45) is 5.10 Å². The van der Waals surface area contributed by atoms with Crippen LogP contribution in [0.2, 0.25) is 5.15 Å². The van der Waals surface area contributed by atoms with Crippen LogP contribution in [0.1, 0.15) is 32.6 Å². The van der Waals surface area contributed by atoms with E-state index in [9.17, 15) is 9.59 Å². The second-order valence-corrected chi connectivity index (χ2v) is 9.43. The molecule has 0 bridgehead atoms. The normalized spacial score (nSPS) is 15.7. The Balaban J connectivity index is 1.31. The highest BCUT2D eigenvalue weighted by Gasteiger charge is 2.34. The van der Waals surface area contributed by atoms with Gasteiger partial charge in [-0.25, -0.2) is 14.8 Å². The number of hydrogen-bond donors (Lipinski definition) is 0. The Labute approximate surface area is 196 Å². The van der Waals surface area contributed by atoms with E-state index in [1.54, 1.807) is 53.0 Å². The number of rotatable bonds is 5. The molecule has 4 aromatic rings. The van der Waals surface area contributed by atoms with Crippen LogP contribution in [0, 0.1) is 0 Å². The van der Waals surface area contributed by atoms with E-state index in [1.165, 1.54) is 5.01 Å². The molecule has 9 heteroatoms. The number of carbonyl (C=O) groups excluding carboxylic acids is 2. The minimum Gasteiger partial charge on any atom is -0.452 e. The Bertz CT molecular complexity index is 1320. The summed E-state index contributed by atoms with van der Waals surface area (Å²) in [6.07, 6.45) is 0.626. The molecule has 3 aromatic heterocycles. The van der Waals surface area contributed by atoms with Gasteiger partial charge in [0.05, 0.1) is 27.7 Å². The van der Waals surface area contributed by atoms with Crippen LogP contribution in [-0.2, 0) is 9.53 Å². The maximum Gasteiger partial charge on any atom is 0.338 e. The van der Waals surface area contributed by atoms with E-state index in [2.05, 4.69) is 10.1 Å². The number of thiophene rings is 2. The Morgan fingerprint density at radius 2 is 1.94 bits per heavy atom. The van der Waals surface area contributed by atoms with E-state index < -0.39 is 12.6 Å². The zero-order chi connectivity index (χ0) is 22.1. The molecule has 1 amide bonds. The number of pyridine rings is 1. The number of carbonyl (C=O) groups is 2. The van der Waals surface area contributed by atoms with Crippen LogP contribution in [0.25, 0.3) is 10.9 Å². The second kappa shape index (κ2) is 8.82. The molecule has 32 heavy (non-hydrogen) atoms. The number of hydrogen-bond acceptors (Lipinski definition) is 7. The van der Waals surface area contributed by atoms with Gasteiger partial charge in [0.2, 0.25) is 0 Å². The lowest BCUT2D eigenvalue weighted by Crippen LogP contribution is -2.31. The minimum atomic E-state index is -0.579. The Morgan fingerprint density at radius 1 is 1.09 bits per heavy atom. The van der Waals surface area contributed by atoms with Gasteiger partial charge in [0, 0.05) is 16.7 Å². The summed E-state index contributed by atoms with van der Waals surface area (Å²) in [5.41, 5.74) is 1.88. The highest BCUT2D eigenvalue weighted by Crippen LogP contribution is 2.36. The summed E-state index contributed by atoms with van der Waals surface area (Å²) in [5.74, 6) is -0.943. The molecular formula is C23H16ClN3O3S2. The molecule has 1 atom stereocenters. The van der Waals surface area contributed by atoms with Gasteiger partial charge in [-0.1, -0.05) is 23.7 Å². The molecule has 0 aliphatic carbocycles. The lowest BCUT2D eigenvalue weighted by molar-refractivity contribution is -0.136. The fourth-order valence-corrected chi connectivity index (χ4v) is 5.23. The number of halogens is 1. The molecule has 0 saturated carbocycles. The number of nitrogens with zero attached hydrogens (tertiary/aromatic N) is 3. The lowest BCUT2D eigenvalue weighted by atomic mass is 10.1. The molecule has 0 N–H and O–H groups in total. The highest BCUT2D eigenvalue weighted by molar-refractivity contribution is 7.12. The number of hydrazone groups is 1. The summed E-state index contributed by atoms with van der Waals surface area (Å²) >= 11 is 9.07. The second-order valence-electron chi connectivity index (χ2n) is 7.12. The number of benzene rings is 1. The smallest absolute Gasteiger partial charge is 0.338 e. The summed E-state index contributed by atoms with van der Waals surface area (Å²) in [7, 11) is 0. The SMILES string of the molecule is O=C(OCC(=O)N1N=C(c2cccs2)CC1c1cccs1)c1ccc2nc(Cl)ccc2c1. The van der Waals surface area contributed by atoms with Crippen molar-refractivity contribution in [3.05, 3.63) is 85.8 Å². The molecule has 160 valence electrons. The third-order valence-electron chi connectivity index (χ3n) is 5.06. The fraction of sp³-hybridized carbons (Fsp3) is 0.130. The molecule has 1 unspecified atom stereocenters. The van der Waals surface area contributed by atoms with E-state index >= 15 is 0 Å². The third kappa shape index (κ3) is 4.17. The number of ether oxygens (including phenoxy) is 1. The van der Waals surface area contributed by atoms with Gasteiger partial charge in [0.1, 0.15) is 5.15 Å². The predicted molar refractivity (Wildman–Crippen MR) is 126 cm³/mol. The van der Waals surface area contributed by atoms with E-state index in [0.29, 0.717) is 22.7 Å². The highest BCUT2D eigenvalue weighted by atomic mass is 35.5.